The molecule has 2 aromatic rings. The highest BCUT2D eigenvalue weighted by Crippen LogP contribution is 2.29. The SMILES string of the molecule is CNC(Cc1ccc(F)c(Br)c1)c1cccc(C)c1Cl. The first-order valence-electron chi connectivity index (χ1n) is 6.39. The first-order chi connectivity index (χ1) is 9.52. The van der Waals surface area contributed by atoms with Gasteiger partial charge in [0.05, 0.1) is 4.47 Å². The van der Waals surface area contributed by atoms with Crippen LogP contribution in [0.1, 0.15) is 22.7 Å². The molecule has 0 aliphatic heterocycles. The summed E-state index contributed by atoms with van der Waals surface area (Å²) in [6.07, 6.45) is 0.749. The predicted octanol–water partition coefficient (Wildman–Crippen LogP) is 5.05. The van der Waals surface area contributed by atoms with Crippen LogP contribution in [-0.2, 0) is 6.42 Å². The first-order valence-corrected chi connectivity index (χ1v) is 7.56. The topological polar surface area (TPSA) is 12.0 Å². The van der Waals surface area contributed by atoms with Gasteiger partial charge in [0.2, 0.25) is 0 Å². The fourth-order valence-corrected chi connectivity index (χ4v) is 2.89. The average molecular weight is 357 g/mol. The summed E-state index contributed by atoms with van der Waals surface area (Å²) in [5.74, 6) is -0.247. The van der Waals surface area contributed by atoms with Crippen LogP contribution in [0.3, 0.4) is 0 Å². The molecule has 1 unspecified atom stereocenters. The molecule has 2 aromatic carbocycles. The van der Waals surface area contributed by atoms with Gasteiger partial charge in [-0.1, -0.05) is 35.9 Å². The Morgan fingerprint density at radius 3 is 2.70 bits per heavy atom. The second-order valence-electron chi connectivity index (χ2n) is 4.77. The van der Waals surface area contributed by atoms with Crippen LogP contribution in [0.4, 0.5) is 4.39 Å². The fourth-order valence-electron chi connectivity index (χ4n) is 2.21. The molecular weight excluding hydrogens is 341 g/mol. The standard InChI is InChI=1S/C16H16BrClFN/c1-10-4-3-5-12(16(10)18)15(20-2)9-11-6-7-14(19)13(17)8-11/h3-8,15,20H,9H2,1-2H3. The normalized spacial score (nSPS) is 12.4. The summed E-state index contributed by atoms with van der Waals surface area (Å²) < 4.78 is 13.8. The zero-order valence-corrected chi connectivity index (χ0v) is 13.7. The molecule has 4 heteroatoms. The Morgan fingerprint density at radius 1 is 1.30 bits per heavy atom. The highest BCUT2D eigenvalue weighted by atomic mass is 79.9. The van der Waals surface area contributed by atoms with Crippen molar-refractivity contribution in [3.05, 3.63) is 68.4 Å². The molecule has 0 bridgehead atoms. The second-order valence-corrected chi connectivity index (χ2v) is 6.00. The van der Waals surface area contributed by atoms with Crippen molar-refractivity contribution in [3.63, 3.8) is 0 Å². The Balaban J connectivity index is 2.28. The number of rotatable bonds is 4. The minimum absolute atomic E-state index is 0.0970. The van der Waals surface area contributed by atoms with Crippen molar-refractivity contribution in [2.45, 2.75) is 19.4 Å². The lowest BCUT2D eigenvalue weighted by Crippen LogP contribution is -2.19. The average Bonchev–Trinajstić information content (AvgIpc) is 2.43. The van der Waals surface area contributed by atoms with Crippen molar-refractivity contribution in [1.29, 1.82) is 0 Å². The van der Waals surface area contributed by atoms with Gasteiger partial charge in [0, 0.05) is 11.1 Å². The molecule has 2 rings (SSSR count). The Kier molecular flexibility index (Phi) is 5.19. The Hall–Kier alpha value is -0.900. The van der Waals surface area contributed by atoms with Crippen molar-refractivity contribution in [3.8, 4) is 0 Å². The molecule has 106 valence electrons. The monoisotopic (exact) mass is 355 g/mol. The summed E-state index contributed by atoms with van der Waals surface area (Å²) in [5, 5.41) is 4.06. The van der Waals surface area contributed by atoms with E-state index in [4.69, 9.17) is 11.6 Å². The molecule has 1 nitrogen and oxygen atoms in total. The van der Waals surface area contributed by atoms with E-state index in [-0.39, 0.29) is 11.9 Å². The number of aryl methyl sites for hydroxylation is 1. The van der Waals surface area contributed by atoms with Crippen LogP contribution in [0, 0.1) is 12.7 Å². The van der Waals surface area contributed by atoms with Crippen LogP contribution >= 0.6 is 27.5 Å². The van der Waals surface area contributed by atoms with Crippen LogP contribution in [0.25, 0.3) is 0 Å². The fraction of sp³-hybridized carbons (Fsp3) is 0.250. The lowest BCUT2D eigenvalue weighted by atomic mass is 9.97. The van der Waals surface area contributed by atoms with Crippen molar-refractivity contribution in [1.82, 2.24) is 5.32 Å². The molecule has 0 saturated heterocycles. The van der Waals surface area contributed by atoms with Crippen molar-refractivity contribution >= 4 is 27.5 Å². The van der Waals surface area contributed by atoms with Gasteiger partial charge in [-0.05, 0) is 65.1 Å². The van der Waals surface area contributed by atoms with Crippen molar-refractivity contribution < 1.29 is 4.39 Å². The summed E-state index contributed by atoms with van der Waals surface area (Å²) in [7, 11) is 1.90. The lowest BCUT2D eigenvalue weighted by molar-refractivity contribution is 0.587. The van der Waals surface area contributed by atoms with Gasteiger partial charge in [0.15, 0.2) is 0 Å². The Morgan fingerprint density at radius 2 is 2.05 bits per heavy atom. The van der Waals surface area contributed by atoms with Crippen LogP contribution in [0.2, 0.25) is 5.02 Å². The number of benzene rings is 2. The van der Waals surface area contributed by atoms with E-state index in [1.165, 1.54) is 6.07 Å². The van der Waals surface area contributed by atoms with Gasteiger partial charge in [-0.3, -0.25) is 0 Å². The largest absolute Gasteiger partial charge is 0.313 e. The molecule has 0 heterocycles. The summed E-state index contributed by atoms with van der Waals surface area (Å²) in [4.78, 5) is 0. The molecule has 0 aromatic heterocycles. The number of halogens is 3. The predicted molar refractivity (Wildman–Crippen MR) is 85.8 cm³/mol. The third-order valence-electron chi connectivity index (χ3n) is 3.37. The smallest absolute Gasteiger partial charge is 0.137 e. The van der Waals surface area contributed by atoms with Crippen LogP contribution in [0.15, 0.2) is 40.9 Å². The Bertz CT molecular complexity index is 615. The van der Waals surface area contributed by atoms with E-state index >= 15 is 0 Å². The van der Waals surface area contributed by atoms with E-state index < -0.39 is 0 Å². The highest BCUT2D eigenvalue weighted by Gasteiger charge is 2.15. The van der Waals surface area contributed by atoms with Gasteiger partial charge in [-0.2, -0.15) is 0 Å². The van der Waals surface area contributed by atoms with Crippen molar-refractivity contribution in [2.24, 2.45) is 0 Å². The summed E-state index contributed by atoms with van der Waals surface area (Å²) in [5.41, 5.74) is 3.18. The molecule has 0 aliphatic carbocycles. The molecule has 0 saturated carbocycles. The van der Waals surface area contributed by atoms with Crippen molar-refractivity contribution in [2.75, 3.05) is 7.05 Å². The van der Waals surface area contributed by atoms with Crippen LogP contribution in [-0.4, -0.2) is 7.05 Å². The van der Waals surface area contributed by atoms with Gasteiger partial charge in [0.1, 0.15) is 5.82 Å². The van der Waals surface area contributed by atoms with E-state index in [1.807, 2.05) is 38.2 Å². The second kappa shape index (κ2) is 6.70. The van der Waals surface area contributed by atoms with E-state index in [0.717, 1.165) is 28.1 Å². The molecule has 1 N–H and O–H groups in total. The number of likely N-dealkylation sites (N-methyl/N-ethyl adjacent to an activating group) is 1. The molecular formula is C16H16BrClFN. The zero-order chi connectivity index (χ0) is 14.7. The van der Waals surface area contributed by atoms with E-state index in [1.54, 1.807) is 6.07 Å². The third-order valence-corrected chi connectivity index (χ3v) is 4.49. The molecule has 0 fully saturated rings. The quantitative estimate of drug-likeness (QED) is 0.808. The van der Waals surface area contributed by atoms with E-state index in [2.05, 4.69) is 21.2 Å². The molecule has 20 heavy (non-hydrogen) atoms. The minimum atomic E-state index is -0.247. The first kappa shape index (κ1) is 15.5. The van der Waals surface area contributed by atoms with Gasteiger partial charge in [-0.15, -0.1) is 0 Å². The van der Waals surface area contributed by atoms with Gasteiger partial charge in [0.25, 0.3) is 0 Å². The number of nitrogens with one attached hydrogen (secondary N) is 1. The van der Waals surface area contributed by atoms with Crippen LogP contribution < -0.4 is 5.32 Å². The molecule has 0 radical (unpaired) electrons. The van der Waals surface area contributed by atoms with Gasteiger partial charge < -0.3 is 5.32 Å². The Labute approximate surface area is 132 Å². The van der Waals surface area contributed by atoms with Gasteiger partial charge in [-0.25, -0.2) is 4.39 Å². The minimum Gasteiger partial charge on any atom is -0.313 e. The maximum Gasteiger partial charge on any atom is 0.137 e. The third kappa shape index (κ3) is 3.40. The van der Waals surface area contributed by atoms with Crippen LogP contribution in [0.5, 0.6) is 0 Å². The lowest BCUT2D eigenvalue weighted by Gasteiger charge is -2.19. The molecule has 0 amide bonds. The van der Waals surface area contributed by atoms with Gasteiger partial charge >= 0.3 is 0 Å². The summed E-state index contributed by atoms with van der Waals surface area (Å²) >= 11 is 9.60. The van der Waals surface area contributed by atoms with E-state index in [0.29, 0.717) is 4.47 Å². The molecule has 0 aliphatic rings. The number of hydrogen-bond donors (Lipinski definition) is 1. The maximum absolute atomic E-state index is 13.3. The zero-order valence-electron chi connectivity index (χ0n) is 11.4. The number of hydrogen-bond acceptors (Lipinski definition) is 1. The molecule has 0 spiro atoms. The van der Waals surface area contributed by atoms with E-state index in [9.17, 15) is 4.39 Å². The maximum atomic E-state index is 13.3. The highest BCUT2D eigenvalue weighted by molar-refractivity contribution is 9.10. The summed E-state index contributed by atoms with van der Waals surface area (Å²) in [6, 6.07) is 11.2. The summed E-state index contributed by atoms with van der Waals surface area (Å²) in [6.45, 7) is 1.99. The molecule has 1 atom stereocenters.